The largest absolute Gasteiger partial charge is 0.504 e. The molecule has 0 aliphatic rings. The molecule has 2 aromatic rings. The first kappa shape index (κ1) is 20.4. The minimum absolute atomic E-state index is 0.0568. The van der Waals surface area contributed by atoms with Crippen LogP contribution in [0.3, 0.4) is 0 Å². The molecule has 0 aliphatic heterocycles. The van der Waals surface area contributed by atoms with E-state index in [1.807, 2.05) is 18.2 Å². The molecule has 0 saturated heterocycles. The number of nitriles is 1. The van der Waals surface area contributed by atoms with Gasteiger partial charge in [-0.25, -0.2) is 0 Å². The van der Waals surface area contributed by atoms with Crippen molar-refractivity contribution in [2.24, 2.45) is 0 Å². The first-order chi connectivity index (χ1) is 12.5. The fourth-order valence-corrected chi connectivity index (χ4v) is 2.67. The Kier molecular flexibility index (Phi) is 5.55. The van der Waals surface area contributed by atoms with Gasteiger partial charge in [0.1, 0.15) is 6.07 Å². The summed E-state index contributed by atoms with van der Waals surface area (Å²) >= 11 is 0. The molecule has 3 nitrogen and oxygen atoms in total. The number of hydrogen-bond donors (Lipinski definition) is 1. The highest BCUT2D eigenvalue weighted by molar-refractivity contribution is 5.73. The molecular weight excluding hydrogens is 353 g/mol. The van der Waals surface area contributed by atoms with Gasteiger partial charge < -0.3 is 10.0 Å². The molecule has 2 aromatic carbocycles. The molecule has 0 aromatic heterocycles. The topological polar surface area (TPSA) is 47.3 Å². The molecule has 0 saturated carbocycles. The van der Waals surface area contributed by atoms with Crippen molar-refractivity contribution in [1.29, 1.82) is 5.26 Å². The monoisotopic (exact) mass is 374 g/mol. The maximum absolute atomic E-state index is 13.2. The maximum atomic E-state index is 13.2. The van der Waals surface area contributed by atoms with Crippen LogP contribution < -0.4 is 4.90 Å². The van der Waals surface area contributed by atoms with Gasteiger partial charge in [-0.15, -0.1) is 0 Å². The number of anilines is 1. The van der Waals surface area contributed by atoms with E-state index in [0.717, 1.165) is 17.7 Å². The van der Waals surface area contributed by atoms with Gasteiger partial charge in [0.2, 0.25) is 0 Å². The van der Waals surface area contributed by atoms with Crippen molar-refractivity contribution in [2.45, 2.75) is 32.4 Å². The summed E-state index contributed by atoms with van der Waals surface area (Å²) in [7, 11) is 1.52. The number of aliphatic hydroxyl groups is 1. The SMILES string of the molecule is CN(/C(C#N)=C(/O)c1ccccc1C(F)(F)F)c1ccc(C(C)(C)C)cc1. The van der Waals surface area contributed by atoms with E-state index in [1.165, 1.54) is 24.1 Å². The molecule has 2 rings (SSSR count). The van der Waals surface area contributed by atoms with Crippen LogP contribution in [0.1, 0.15) is 37.5 Å². The predicted octanol–water partition coefficient (Wildman–Crippen LogP) is 5.89. The van der Waals surface area contributed by atoms with Crippen LogP contribution in [0.15, 0.2) is 54.2 Å². The maximum Gasteiger partial charge on any atom is 0.417 e. The second kappa shape index (κ2) is 7.36. The molecule has 1 N–H and O–H groups in total. The summed E-state index contributed by atoms with van der Waals surface area (Å²) in [5.74, 6) is -0.715. The van der Waals surface area contributed by atoms with Gasteiger partial charge in [0.05, 0.1) is 5.56 Å². The third kappa shape index (κ3) is 4.43. The van der Waals surface area contributed by atoms with E-state index < -0.39 is 23.1 Å². The first-order valence-corrected chi connectivity index (χ1v) is 8.31. The number of alkyl halides is 3. The minimum Gasteiger partial charge on any atom is -0.504 e. The molecule has 0 amide bonds. The van der Waals surface area contributed by atoms with E-state index >= 15 is 0 Å². The summed E-state index contributed by atoms with van der Waals surface area (Å²) < 4.78 is 39.7. The van der Waals surface area contributed by atoms with E-state index in [0.29, 0.717) is 5.69 Å². The lowest BCUT2D eigenvalue weighted by atomic mass is 9.87. The molecule has 0 unspecified atom stereocenters. The Morgan fingerprint density at radius 3 is 2.04 bits per heavy atom. The average molecular weight is 374 g/mol. The fourth-order valence-electron chi connectivity index (χ4n) is 2.67. The quantitative estimate of drug-likeness (QED) is 0.538. The normalized spacial score (nSPS) is 13.0. The van der Waals surface area contributed by atoms with E-state index in [-0.39, 0.29) is 11.1 Å². The van der Waals surface area contributed by atoms with Gasteiger partial charge in [0.25, 0.3) is 0 Å². The molecule has 6 heteroatoms. The van der Waals surface area contributed by atoms with Crippen LogP contribution >= 0.6 is 0 Å². The van der Waals surface area contributed by atoms with Crippen LogP contribution in [0.5, 0.6) is 0 Å². The highest BCUT2D eigenvalue weighted by Crippen LogP contribution is 2.36. The summed E-state index contributed by atoms with van der Waals surface area (Å²) in [6.07, 6.45) is -4.64. The van der Waals surface area contributed by atoms with Crippen LogP contribution in [-0.2, 0) is 11.6 Å². The lowest BCUT2D eigenvalue weighted by Crippen LogP contribution is -2.19. The zero-order valence-corrected chi connectivity index (χ0v) is 15.6. The van der Waals surface area contributed by atoms with Gasteiger partial charge in [-0.05, 0) is 29.2 Å². The van der Waals surface area contributed by atoms with Gasteiger partial charge in [-0.1, -0.05) is 51.1 Å². The predicted molar refractivity (Wildman–Crippen MR) is 100 cm³/mol. The van der Waals surface area contributed by atoms with Crippen molar-refractivity contribution in [3.05, 3.63) is 70.9 Å². The molecule has 0 bridgehead atoms. The van der Waals surface area contributed by atoms with Gasteiger partial charge in [-0.2, -0.15) is 18.4 Å². The van der Waals surface area contributed by atoms with Crippen molar-refractivity contribution in [3.63, 3.8) is 0 Å². The van der Waals surface area contributed by atoms with Gasteiger partial charge in [0, 0.05) is 18.3 Å². The number of hydrogen-bond acceptors (Lipinski definition) is 3. The number of benzene rings is 2. The van der Waals surface area contributed by atoms with E-state index in [4.69, 9.17) is 0 Å². The van der Waals surface area contributed by atoms with E-state index in [9.17, 15) is 23.5 Å². The Hall–Kier alpha value is -2.94. The third-order valence-electron chi connectivity index (χ3n) is 4.27. The average Bonchev–Trinajstić information content (AvgIpc) is 2.60. The molecule has 0 atom stereocenters. The molecule has 27 heavy (non-hydrogen) atoms. The van der Waals surface area contributed by atoms with Gasteiger partial charge >= 0.3 is 6.18 Å². The molecule has 0 heterocycles. The number of nitrogens with zero attached hydrogens (tertiary/aromatic N) is 2. The Labute approximate surface area is 157 Å². The lowest BCUT2D eigenvalue weighted by Gasteiger charge is -2.23. The third-order valence-corrected chi connectivity index (χ3v) is 4.27. The summed E-state index contributed by atoms with van der Waals surface area (Å²) in [6.45, 7) is 6.19. The minimum atomic E-state index is -4.64. The van der Waals surface area contributed by atoms with Crippen molar-refractivity contribution in [2.75, 3.05) is 11.9 Å². The van der Waals surface area contributed by atoms with Crippen LogP contribution in [0.25, 0.3) is 5.76 Å². The molecule has 0 fully saturated rings. The zero-order valence-electron chi connectivity index (χ0n) is 15.6. The Bertz CT molecular complexity index is 885. The standard InChI is InChI=1S/C21H21F3N2O/c1-20(2,3)14-9-11-15(12-10-14)26(4)18(13-25)19(27)16-7-5-6-8-17(16)21(22,23)24/h5-12,27H,1-4H3/b19-18+. The molecule has 0 aliphatic carbocycles. The summed E-state index contributed by atoms with van der Waals surface area (Å²) in [6, 6.07) is 13.8. The summed E-state index contributed by atoms with van der Waals surface area (Å²) in [5.41, 5.74) is -0.0929. The number of aliphatic hydroxyl groups excluding tert-OH is 1. The smallest absolute Gasteiger partial charge is 0.417 e. The second-order valence-corrected chi connectivity index (χ2v) is 7.21. The van der Waals surface area contributed by atoms with Crippen molar-refractivity contribution in [3.8, 4) is 6.07 Å². The lowest BCUT2D eigenvalue weighted by molar-refractivity contribution is -0.137. The fraction of sp³-hybridized carbons (Fsp3) is 0.286. The van der Waals surface area contributed by atoms with Gasteiger partial charge in [-0.3, -0.25) is 0 Å². The Morgan fingerprint density at radius 2 is 1.56 bits per heavy atom. The number of rotatable bonds is 3. The summed E-state index contributed by atoms with van der Waals surface area (Å²) in [5, 5.41) is 19.9. The number of allylic oxidation sites excluding steroid dienone is 1. The van der Waals surface area contributed by atoms with Crippen LogP contribution in [0.4, 0.5) is 18.9 Å². The van der Waals surface area contributed by atoms with Crippen molar-refractivity contribution >= 4 is 11.4 Å². The molecular formula is C21H21F3N2O. The molecule has 142 valence electrons. The zero-order chi connectivity index (χ0) is 20.4. The summed E-state index contributed by atoms with van der Waals surface area (Å²) in [4.78, 5) is 1.37. The Balaban J connectivity index is 2.51. The van der Waals surface area contributed by atoms with Crippen LogP contribution in [-0.4, -0.2) is 12.2 Å². The highest BCUT2D eigenvalue weighted by Gasteiger charge is 2.34. The van der Waals surface area contributed by atoms with E-state index in [2.05, 4.69) is 20.8 Å². The van der Waals surface area contributed by atoms with Crippen molar-refractivity contribution < 1.29 is 18.3 Å². The van der Waals surface area contributed by atoms with Crippen LogP contribution in [0.2, 0.25) is 0 Å². The molecule has 0 radical (unpaired) electrons. The highest BCUT2D eigenvalue weighted by atomic mass is 19.4. The Morgan fingerprint density at radius 1 is 1.00 bits per heavy atom. The van der Waals surface area contributed by atoms with Gasteiger partial charge in [0.15, 0.2) is 11.5 Å². The second-order valence-electron chi connectivity index (χ2n) is 7.21. The molecule has 0 spiro atoms. The number of halogens is 3. The van der Waals surface area contributed by atoms with Crippen LogP contribution in [0, 0.1) is 11.3 Å². The van der Waals surface area contributed by atoms with E-state index in [1.54, 1.807) is 12.1 Å². The van der Waals surface area contributed by atoms with Crippen molar-refractivity contribution in [1.82, 2.24) is 0 Å². The first-order valence-electron chi connectivity index (χ1n) is 8.31.